The fourth-order valence-electron chi connectivity index (χ4n) is 4.88. The Hall–Kier alpha value is -2.56. The number of halogens is 1. The van der Waals surface area contributed by atoms with Crippen LogP contribution in [0.5, 0.6) is 5.75 Å². The Balaban J connectivity index is 1.74. The summed E-state index contributed by atoms with van der Waals surface area (Å²) in [5.74, 6) is 0.638. The molecule has 3 rings (SSSR count). The van der Waals surface area contributed by atoms with Crippen LogP contribution in [0, 0.1) is 19.3 Å². The molecule has 0 spiro atoms. The molecule has 0 radical (unpaired) electrons. The lowest BCUT2D eigenvalue weighted by Gasteiger charge is -2.28. The van der Waals surface area contributed by atoms with Crippen molar-refractivity contribution in [1.82, 2.24) is 0 Å². The normalized spacial score (nSPS) is 14.0. The van der Waals surface area contributed by atoms with E-state index in [9.17, 15) is 9.18 Å². The second-order valence-electron chi connectivity index (χ2n) is 10.2. The molecule has 2 N–H and O–H groups in total. The molecular formula is C28H39FN2O2. The van der Waals surface area contributed by atoms with Crippen molar-refractivity contribution in [2.24, 2.45) is 11.1 Å². The summed E-state index contributed by atoms with van der Waals surface area (Å²) in [5, 5.41) is 0. The van der Waals surface area contributed by atoms with Gasteiger partial charge in [-0.05, 0) is 103 Å². The van der Waals surface area contributed by atoms with E-state index in [1.807, 2.05) is 6.07 Å². The number of fused-ring (bicyclic) bond motifs is 1. The summed E-state index contributed by atoms with van der Waals surface area (Å²) in [4.78, 5) is 13.9. The van der Waals surface area contributed by atoms with Crippen LogP contribution in [-0.2, 0) is 24.2 Å². The number of unbranched alkanes of at least 4 members (excludes halogenated alkanes) is 1. The molecule has 0 unspecified atom stereocenters. The van der Waals surface area contributed by atoms with Gasteiger partial charge in [-0.1, -0.05) is 19.9 Å². The molecule has 0 bridgehead atoms. The number of hydrogen-bond acceptors (Lipinski definition) is 3. The highest BCUT2D eigenvalue weighted by molar-refractivity contribution is 5.74. The highest BCUT2D eigenvalue weighted by Gasteiger charge is 2.24. The van der Waals surface area contributed by atoms with Gasteiger partial charge >= 0.3 is 0 Å². The summed E-state index contributed by atoms with van der Waals surface area (Å²) in [5.41, 5.74) is 13.1. The van der Waals surface area contributed by atoms with Gasteiger partial charge in [-0.15, -0.1) is 0 Å². The van der Waals surface area contributed by atoms with Crippen molar-refractivity contribution in [2.75, 3.05) is 24.7 Å². The largest absolute Gasteiger partial charge is 0.494 e. The van der Waals surface area contributed by atoms with E-state index in [0.717, 1.165) is 44.5 Å². The number of benzene rings is 2. The first kappa shape index (κ1) is 25.1. The van der Waals surface area contributed by atoms with Crippen LogP contribution in [0.2, 0.25) is 0 Å². The average molecular weight is 455 g/mol. The molecule has 5 heteroatoms. The van der Waals surface area contributed by atoms with Gasteiger partial charge in [-0.25, -0.2) is 0 Å². The van der Waals surface area contributed by atoms with E-state index >= 15 is 0 Å². The summed E-state index contributed by atoms with van der Waals surface area (Å²) in [6, 6.07) is 11.0. The number of anilines is 1. The van der Waals surface area contributed by atoms with E-state index in [4.69, 9.17) is 10.5 Å². The number of carbonyl (C=O) groups is 1. The molecule has 1 amide bonds. The van der Waals surface area contributed by atoms with E-state index in [1.54, 1.807) is 0 Å². The van der Waals surface area contributed by atoms with Crippen molar-refractivity contribution in [2.45, 2.75) is 72.8 Å². The third-order valence-electron chi connectivity index (χ3n) is 6.56. The summed E-state index contributed by atoms with van der Waals surface area (Å²) in [6.07, 6.45) is 4.65. The average Bonchev–Trinajstić information content (AvgIpc) is 2.95. The van der Waals surface area contributed by atoms with E-state index in [0.29, 0.717) is 19.4 Å². The van der Waals surface area contributed by atoms with Crippen molar-refractivity contribution in [3.63, 3.8) is 0 Å². The third kappa shape index (κ3) is 6.96. The van der Waals surface area contributed by atoms with Gasteiger partial charge in [0.2, 0.25) is 5.91 Å². The van der Waals surface area contributed by atoms with Crippen LogP contribution in [0.1, 0.15) is 67.3 Å². The van der Waals surface area contributed by atoms with Gasteiger partial charge in [-0.3, -0.25) is 9.18 Å². The Morgan fingerprint density at radius 2 is 1.85 bits per heavy atom. The molecule has 1 aliphatic rings. The van der Waals surface area contributed by atoms with Crippen LogP contribution in [0.15, 0.2) is 30.3 Å². The molecule has 0 saturated carbocycles. The van der Waals surface area contributed by atoms with Crippen LogP contribution in [0.3, 0.4) is 0 Å². The second kappa shape index (κ2) is 11.0. The molecule has 180 valence electrons. The van der Waals surface area contributed by atoms with Crippen LogP contribution >= 0.6 is 0 Å². The van der Waals surface area contributed by atoms with Crippen molar-refractivity contribution in [1.29, 1.82) is 0 Å². The first-order valence-corrected chi connectivity index (χ1v) is 12.1. The lowest BCUT2D eigenvalue weighted by atomic mass is 9.80. The van der Waals surface area contributed by atoms with Crippen molar-refractivity contribution in [3.8, 4) is 5.75 Å². The minimum absolute atomic E-state index is 0.157. The number of aryl methyl sites for hydroxylation is 3. The number of nitrogens with two attached hydrogens (primary N) is 1. The zero-order valence-corrected chi connectivity index (χ0v) is 20.7. The maximum atomic E-state index is 12.3. The molecule has 2 aromatic rings. The lowest BCUT2D eigenvalue weighted by molar-refractivity contribution is -0.119. The number of nitrogens with zero attached hydrogens (tertiary/aromatic N) is 1. The van der Waals surface area contributed by atoms with Crippen molar-refractivity contribution >= 4 is 11.6 Å². The predicted molar refractivity (Wildman–Crippen MR) is 134 cm³/mol. The van der Waals surface area contributed by atoms with Gasteiger partial charge in [0.15, 0.2) is 0 Å². The molecule has 0 atom stereocenters. The minimum atomic E-state index is -0.283. The number of hydrogen-bond donors (Lipinski definition) is 1. The molecule has 1 aliphatic heterocycles. The number of primary amides is 1. The number of alkyl halides is 1. The maximum absolute atomic E-state index is 12.3. The van der Waals surface area contributed by atoms with E-state index in [2.05, 4.69) is 56.9 Å². The Morgan fingerprint density at radius 3 is 2.52 bits per heavy atom. The smallest absolute Gasteiger partial charge is 0.217 e. The van der Waals surface area contributed by atoms with E-state index in [1.165, 1.54) is 33.5 Å². The topological polar surface area (TPSA) is 55.6 Å². The summed E-state index contributed by atoms with van der Waals surface area (Å²) in [6.45, 7) is 10.7. The van der Waals surface area contributed by atoms with Gasteiger partial charge in [-0.2, -0.15) is 0 Å². The fourth-order valence-corrected chi connectivity index (χ4v) is 4.88. The molecule has 0 aliphatic carbocycles. The van der Waals surface area contributed by atoms with E-state index in [-0.39, 0.29) is 18.0 Å². The first-order valence-electron chi connectivity index (χ1n) is 12.1. The Morgan fingerprint density at radius 1 is 1.12 bits per heavy atom. The fraction of sp³-hybridized carbons (Fsp3) is 0.536. The van der Waals surface area contributed by atoms with Gasteiger partial charge < -0.3 is 15.4 Å². The number of rotatable bonds is 10. The summed E-state index contributed by atoms with van der Waals surface area (Å²) in [7, 11) is 0. The molecule has 4 nitrogen and oxygen atoms in total. The number of amides is 1. The Bertz CT molecular complexity index is 947. The summed E-state index contributed by atoms with van der Waals surface area (Å²) < 4.78 is 18.1. The Kier molecular flexibility index (Phi) is 8.39. The number of carbonyl (C=O) groups excluding carboxylic acids is 1. The van der Waals surface area contributed by atoms with Gasteiger partial charge in [0.1, 0.15) is 5.75 Å². The molecular weight excluding hydrogens is 415 g/mol. The highest BCUT2D eigenvalue weighted by Crippen LogP contribution is 2.33. The zero-order valence-electron chi connectivity index (χ0n) is 20.7. The van der Waals surface area contributed by atoms with Crippen LogP contribution in [0.4, 0.5) is 10.1 Å². The van der Waals surface area contributed by atoms with Crippen molar-refractivity contribution in [3.05, 3.63) is 58.1 Å². The quantitative estimate of drug-likeness (QED) is 0.460. The van der Waals surface area contributed by atoms with Gasteiger partial charge in [0, 0.05) is 25.2 Å². The Labute approximate surface area is 198 Å². The first-order chi connectivity index (χ1) is 15.7. The molecule has 0 aromatic heterocycles. The van der Waals surface area contributed by atoms with E-state index < -0.39 is 0 Å². The molecule has 0 saturated heterocycles. The third-order valence-corrected chi connectivity index (χ3v) is 6.56. The predicted octanol–water partition coefficient (Wildman–Crippen LogP) is 5.83. The maximum Gasteiger partial charge on any atom is 0.217 e. The standard InChI is InChI=1S/C28H39FN2O2/c1-20-14-24(15-21(2)26(20)17-28(3,4)18-27(30)32)31-12-7-8-22-16-25(10-9-23(22)19-31)33-13-6-5-11-29/h9-10,14-16H,5-8,11-13,17-19H2,1-4H3,(H2,30,32). The zero-order chi connectivity index (χ0) is 24.0. The highest BCUT2D eigenvalue weighted by atomic mass is 19.1. The van der Waals surface area contributed by atoms with Crippen LogP contribution in [-0.4, -0.2) is 25.7 Å². The summed E-state index contributed by atoms with van der Waals surface area (Å²) >= 11 is 0. The molecule has 0 fully saturated rings. The molecule has 1 heterocycles. The van der Waals surface area contributed by atoms with Gasteiger partial charge in [0.05, 0.1) is 13.3 Å². The SMILES string of the molecule is Cc1cc(N2CCCc3cc(OCCCCF)ccc3C2)cc(C)c1CC(C)(C)CC(N)=O. The monoisotopic (exact) mass is 454 g/mol. The van der Waals surface area contributed by atoms with Crippen LogP contribution < -0.4 is 15.4 Å². The van der Waals surface area contributed by atoms with Gasteiger partial charge in [0.25, 0.3) is 0 Å². The van der Waals surface area contributed by atoms with Crippen molar-refractivity contribution < 1.29 is 13.9 Å². The number of ether oxygens (including phenoxy) is 1. The molecule has 33 heavy (non-hydrogen) atoms. The minimum Gasteiger partial charge on any atom is -0.494 e. The van der Waals surface area contributed by atoms with Crippen LogP contribution in [0.25, 0.3) is 0 Å². The lowest BCUT2D eigenvalue weighted by Crippen LogP contribution is -2.26. The molecule has 2 aromatic carbocycles. The second-order valence-corrected chi connectivity index (χ2v) is 10.2.